The third-order valence-electron chi connectivity index (χ3n) is 4.60. The van der Waals surface area contributed by atoms with Gasteiger partial charge in [-0.05, 0) is 23.8 Å². The van der Waals surface area contributed by atoms with Crippen LogP contribution in [0, 0.1) is 11.6 Å². The van der Waals surface area contributed by atoms with Gasteiger partial charge >= 0.3 is 0 Å². The van der Waals surface area contributed by atoms with Crippen LogP contribution in [0.2, 0.25) is 0 Å². The van der Waals surface area contributed by atoms with E-state index in [9.17, 15) is 13.6 Å². The summed E-state index contributed by atoms with van der Waals surface area (Å²) in [6, 6.07) is 20.6. The molecule has 4 rings (SSSR count). The maximum absolute atomic E-state index is 13.9. The minimum Gasteiger partial charge on any atom is -0.441 e. The van der Waals surface area contributed by atoms with Crippen molar-refractivity contribution in [3.63, 3.8) is 0 Å². The van der Waals surface area contributed by atoms with E-state index >= 15 is 0 Å². The Labute approximate surface area is 172 Å². The van der Waals surface area contributed by atoms with Gasteiger partial charge in [-0.25, -0.2) is 13.8 Å². The van der Waals surface area contributed by atoms with Gasteiger partial charge in [-0.2, -0.15) is 0 Å². The molecule has 1 aromatic heterocycles. The molecule has 4 nitrogen and oxygen atoms in total. The van der Waals surface area contributed by atoms with Crippen LogP contribution in [0.1, 0.15) is 12.3 Å². The minimum absolute atomic E-state index is 0.122. The molecule has 0 saturated heterocycles. The van der Waals surface area contributed by atoms with Crippen LogP contribution in [-0.4, -0.2) is 10.9 Å². The van der Waals surface area contributed by atoms with Gasteiger partial charge in [0.1, 0.15) is 11.6 Å². The van der Waals surface area contributed by atoms with E-state index < -0.39 is 11.6 Å². The summed E-state index contributed by atoms with van der Waals surface area (Å²) in [5.41, 5.74) is 2.77. The van der Waals surface area contributed by atoms with Gasteiger partial charge in [0.25, 0.3) is 0 Å². The number of halogens is 2. The fourth-order valence-electron chi connectivity index (χ4n) is 3.13. The normalized spacial score (nSPS) is 10.7. The first kappa shape index (κ1) is 19.5. The quantitative estimate of drug-likeness (QED) is 0.438. The predicted molar refractivity (Wildman–Crippen MR) is 111 cm³/mol. The largest absolute Gasteiger partial charge is 0.441 e. The van der Waals surface area contributed by atoms with Crippen LogP contribution in [0.5, 0.6) is 0 Å². The smallest absolute Gasteiger partial charge is 0.224 e. The van der Waals surface area contributed by atoms with Gasteiger partial charge in [-0.1, -0.05) is 48.5 Å². The zero-order valence-corrected chi connectivity index (χ0v) is 15.9. The first-order valence-electron chi connectivity index (χ1n) is 9.44. The second kappa shape index (κ2) is 8.69. The summed E-state index contributed by atoms with van der Waals surface area (Å²) in [7, 11) is 0. The van der Waals surface area contributed by atoms with Crippen LogP contribution < -0.4 is 5.32 Å². The number of aryl methyl sites for hydroxylation is 1. The van der Waals surface area contributed by atoms with Crippen molar-refractivity contribution in [3.8, 4) is 22.5 Å². The fraction of sp³-hybridized carbons (Fsp3) is 0.0833. The van der Waals surface area contributed by atoms with Gasteiger partial charge < -0.3 is 9.73 Å². The molecule has 0 aliphatic heterocycles. The lowest BCUT2D eigenvalue weighted by Crippen LogP contribution is -2.13. The summed E-state index contributed by atoms with van der Waals surface area (Å²) in [5.74, 6) is -1.08. The summed E-state index contributed by atoms with van der Waals surface area (Å²) < 4.78 is 32.5. The number of hydrogen-bond acceptors (Lipinski definition) is 3. The highest BCUT2D eigenvalue weighted by Gasteiger charge is 2.14. The van der Waals surface area contributed by atoms with Gasteiger partial charge in [-0.15, -0.1) is 0 Å². The molecule has 30 heavy (non-hydrogen) atoms. The molecule has 3 aromatic carbocycles. The van der Waals surface area contributed by atoms with Gasteiger partial charge in [0.15, 0.2) is 11.7 Å². The number of benzene rings is 3. The van der Waals surface area contributed by atoms with E-state index in [0.29, 0.717) is 5.89 Å². The number of amides is 1. The van der Waals surface area contributed by atoms with Crippen LogP contribution in [0.4, 0.5) is 14.5 Å². The average molecular weight is 404 g/mol. The summed E-state index contributed by atoms with van der Waals surface area (Å²) in [4.78, 5) is 16.5. The second-order valence-corrected chi connectivity index (χ2v) is 6.70. The molecule has 0 bridgehead atoms. The SMILES string of the molecule is O=C(CCc1ncc(-c2ccc(F)cc2F)o1)Nc1ccccc1-c1ccccc1. The van der Waals surface area contributed by atoms with E-state index in [1.807, 2.05) is 54.6 Å². The molecule has 6 heteroatoms. The molecule has 1 amide bonds. The molecular formula is C24H18F2N2O2. The van der Waals surface area contributed by atoms with Crippen LogP contribution in [-0.2, 0) is 11.2 Å². The molecule has 0 spiro atoms. The lowest BCUT2D eigenvalue weighted by molar-refractivity contribution is -0.116. The van der Waals surface area contributed by atoms with Crippen molar-refractivity contribution in [1.29, 1.82) is 0 Å². The molecule has 0 saturated carbocycles. The Kier molecular flexibility index (Phi) is 5.66. The second-order valence-electron chi connectivity index (χ2n) is 6.70. The molecule has 0 aliphatic rings. The minimum atomic E-state index is -0.729. The third-order valence-corrected chi connectivity index (χ3v) is 4.60. The van der Waals surface area contributed by atoms with Gasteiger partial charge in [0.2, 0.25) is 5.91 Å². The molecular weight excluding hydrogens is 386 g/mol. The first-order chi connectivity index (χ1) is 14.6. The Balaban J connectivity index is 1.41. The number of carbonyl (C=O) groups is 1. The number of rotatable bonds is 6. The molecule has 0 aliphatic carbocycles. The number of para-hydroxylation sites is 1. The van der Waals surface area contributed by atoms with Crippen molar-refractivity contribution in [1.82, 2.24) is 4.98 Å². The van der Waals surface area contributed by atoms with Crippen LogP contribution >= 0.6 is 0 Å². The van der Waals surface area contributed by atoms with Crippen molar-refractivity contribution in [2.75, 3.05) is 5.32 Å². The Morgan fingerprint density at radius 2 is 1.70 bits per heavy atom. The zero-order valence-electron chi connectivity index (χ0n) is 15.9. The number of nitrogens with zero attached hydrogens (tertiary/aromatic N) is 1. The summed E-state index contributed by atoms with van der Waals surface area (Å²) in [6.07, 6.45) is 1.77. The van der Waals surface area contributed by atoms with E-state index in [1.165, 1.54) is 12.3 Å². The number of hydrogen-bond donors (Lipinski definition) is 1. The lowest BCUT2D eigenvalue weighted by atomic mass is 10.0. The first-order valence-corrected chi connectivity index (χ1v) is 9.44. The van der Waals surface area contributed by atoms with E-state index in [-0.39, 0.29) is 30.1 Å². The standard InChI is InChI=1S/C24H18F2N2O2/c25-17-10-11-19(20(26)14-17)22-15-27-24(30-22)13-12-23(29)28-21-9-5-4-8-18(21)16-6-2-1-3-7-16/h1-11,14-15H,12-13H2,(H,28,29). The van der Waals surface area contributed by atoms with Crippen LogP contribution in [0.25, 0.3) is 22.5 Å². The van der Waals surface area contributed by atoms with Crippen LogP contribution in [0.15, 0.2) is 83.4 Å². The number of carbonyl (C=O) groups excluding carboxylic acids is 1. The number of aromatic nitrogens is 1. The van der Waals surface area contributed by atoms with Crippen molar-refractivity contribution in [2.45, 2.75) is 12.8 Å². The lowest BCUT2D eigenvalue weighted by Gasteiger charge is -2.11. The van der Waals surface area contributed by atoms with E-state index in [2.05, 4.69) is 10.3 Å². The maximum Gasteiger partial charge on any atom is 0.224 e. The monoisotopic (exact) mass is 404 g/mol. The molecule has 0 atom stereocenters. The highest BCUT2D eigenvalue weighted by molar-refractivity contribution is 5.95. The van der Waals surface area contributed by atoms with E-state index in [4.69, 9.17) is 4.42 Å². The highest BCUT2D eigenvalue weighted by Crippen LogP contribution is 2.28. The summed E-state index contributed by atoms with van der Waals surface area (Å²) in [5, 5.41) is 2.92. The number of oxazole rings is 1. The van der Waals surface area contributed by atoms with Crippen LogP contribution in [0.3, 0.4) is 0 Å². The molecule has 0 unspecified atom stereocenters. The number of anilines is 1. The molecule has 4 aromatic rings. The Bertz CT molecular complexity index is 1170. The molecule has 1 heterocycles. The molecule has 150 valence electrons. The zero-order chi connectivity index (χ0) is 20.9. The molecule has 0 radical (unpaired) electrons. The fourth-order valence-corrected chi connectivity index (χ4v) is 3.13. The maximum atomic E-state index is 13.9. The van der Waals surface area contributed by atoms with Gasteiger partial charge in [0.05, 0.1) is 11.8 Å². The van der Waals surface area contributed by atoms with Crippen molar-refractivity contribution in [2.24, 2.45) is 0 Å². The number of nitrogens with one attached hydrogen (secondary N) is 1. The van der Waals surface area contributed by atoms with Gasteiger partial charge in [0, 0.05) is 30.2 Å². The van der Waals surface area contributed by atoms with Crippen molar-refractivity contribution >= 4 is 11.6 Å². The van der Waals surface area contributed by atoms with E-state index in [1.54, 1.807) is 0 Å². The highest BCUT2D eigenvalue weighted by atomic mass is 19.1. The molecule has 0 fully saturated rings. The van der Waals surface area contributed by atoms with Crippen molar-refractivity contribution < 1.29 is 18.0 Å². The molecule has 1 N–H and O–H groups in total. The Morgan fingerprint density at radius 3 is 2.50 bits per heavy atom. The van der Waals surface area contributed by atoms with Crippen molar-refractivity contribution in [3.05, 3.63) is 96.5 Å². The summed E-state index contributed by atoms with van der Waals surface area (Å²) in [6.45, 7) is 0. The topological polar surface area (TPSA) is 55.1 Å². The average Bonchev–Trinajstić information content (AvgIpc) is 3.22. The Hall–Kier alpha value is -3.80. The Morgan fingerprint density at radius 1 is 0.933 bits per heavy atom. The van der Waals surface area contributed by atoms with Gasteiger partial charge in [-0.3, -0.25) is 4.79 Å². The predicted octanol–water partition coefficient (Wildman–Crippen LogP) is 5.86. The van der Waals surface area contributed by atoms with E-state index in [0.717, 1.165) is 28.9 Å². The summed E-state index contributed by atoms with van der Waals surface area (Å²) >= 11 is 0. The third kappa shape index (κ3) is 4.43.